The average molecular weight is 563 g/mol. The number of aryl methyl sites for hydroxylation is 1. The lowest BCUT2D eigenvalue weighted by atomic mass is 9.66. The molecule has 1 amide bonds. The third kappa shape index (κ3) is 7.95. The molecule has 0 aromatic heterocycles. The van der Waals surface area contributed by atoms with Gasteiger partial charge >= 0.3 is 0 Å². The lowest BCUT2D eigenvalue weighted by Gasteiger charge is -2.24. The van der Waals surface area contributed by atoms with Crippen LogP contribution in [0.3, 0.4) is 0 Å². The Hall–Kier alpha value is -3.17. The number of benzene rings is 2. The highest BCUT2D eigenvalue weighted by atomic mass is 32.2. The number of allylic oxidation sites excluding steroid dienone is 1. The molecule has 0 aliphatic carbocycles. The predicted molar refractivity (Wildman–Crippen MR) is 169 cm³/mol. The number of rotatable bonds is 9. The molecule has 214 valence electrons. The van der Waals surface area contributed by atoms with Crippen molar-refractivity contribution in [1.82, 2.24) is 9.80 Å². The van der Waals surface area contributed by atoms with Crippen molar-refractivity contribution in [2.45, 2.75) is 59.8 Å². The summed E-state index contributed by atoms with van der Waals surface area (Å²) in [6.07, 6.45) is 2.44. The third-order valence-electron chi connectivity index (χ3n) is 7.09. The van der Waals surface area contributed by atoms with Gasteiger partial charge < -0.3 is 4.90 Å². The quantitative estimate of drug-likeness (QED) is 0.269. The molecule has 9 heteroatoms. The smallest absolute Gasteiger partial charge is 0.263 e. The first kappa shape index (κ1) is 31.4. The molecule has 0 bridgehead atoms. The van der Waals surface area contributed by atoms with Crippen LogP contribution in [0.25, 0.3) is 0 Å². The number of carbonyl (C=O) groups is 1. The third-order valence-corrected chi connectivity index (χ3v) is 8.43. The first-order valence-corrected chi connectivity index (χ1v) is 15.3. The summed E-state index contributed by atoms with van der Waals surface area (Å²) >= 11 is 0. The molecule has 1 heterocycles. The second kappa shape index (κ2) is 13.0. The summed E-state index contributed by atoms with van der Waals surface area (Å²) in [4.78, 5) is 21.6. The van der Waals surface area contributed by atoms with Crippen molar-refractivity contribution in [3.8, 4) is 0 Å². The van der Waals surface area contributed by atoms with Gasteiger partial charge in [-0.3, -0.25) is 19.4 Å². The van der Waals surface area contributed by atoms with E-state index >= 15 is 0 Å². The fourth-order valence-corrected chi connectivity index (χ4v) is 6.15. The Morgan fingerprint density at radius 3 is 2.35 bits per heavy atom. The average Bonchev–Trinajstić information content (AvgIpc) is 3.11. The standard InChI is InChI=1S/C31H43BN4O3S/c1-8-33-29(22(2)3)24(5)40(38,39)34-27-13-11-26(12-14-27)30(37)36-17-9-16-35(18-19-36)21-25-10-15-28(23(4)20-25)31(6,7)32/h8,10-15,20,34H,5,9,16-19,21,32H2,1-4,6-7H3/b33-8-. The van der Waals surface area contributed by atoms with Crippen LogP contribution in [0.15, 0.2) is 70.2 Å². The van der Waals surface area contributed by atoms with Gasteiger partial charge in [0.25, 0.3) is 15.9 Å². The van der Waals surface area contributed by atoms with Gasteiger partial charge in [-0.25, -0.2) is 8.42 Å². The van der Waals surface area contributed by atoms with Gasteiger partial charge in [0.05, 0.1) is 5.70 Å². The maximum absolute atomic E-state index is 13.3. The lowest BCUT2D eigenvalue weighted by Crippen LogP contribution is -2.35. The molecule has 7 nitrogen and oxygen atoms in total. The van der Waals surface area contributed by atoms with Gasteiger partial charge in [0.15, 0.2) is 0 Å². The molecule has 0 radical (unpaired) electrons. The molecule has 0 atom stereocenters. The molecule has 1 N–H and O–H groups in total. The summed E-state index contributed by atoms with van der Waals surface area (Å²) < 4.78 is 28.3. The zero-order chi connectivity index (χ0) is 29.7. The van der Waals surface area contributed by atoms with Crippen molar-refractivity contribution < 1.29 is 13.2 Å². The van der Waals surface area contributed by atoms with Gasteiger partial charge in [-0.1, -0.05) is 38.6 Å². The summed E-state index contributed by atoms with van der Waals surface area (Å²) in [5, 5.41) is 0.127. The molecular formula is C31H43BN4O3S. The monoisotopic (exact) mass is 562 g/mol. The second-order valence-electron chi connectivity index (χ2n) is 11.7. The molecule has 0 saturated carbocycles. The number of nitrogens with one attached hydrogen (secondary N) is 1. The fourth-order valence-electron chi connectivity index (χ4n) is 5.07. The molecule has 1 aliphatic rings. The summed E-state index contributed by atoms with van der Waals surface area (Å²) in [6, 6.07) is 13.3. The van der Waals surface area contributed by atoms with E-state index in [0.717, 1.165) is 31.6 Å². The van der Waals surface area contributed by atoms with E-state index in [1.807, 2.05) is 4.90 Å². The Morgan fingerprint density at radius 1 is 1.10 bits per heavy atom. The number of sulfonamides is 1. The summed E-state index contributed by atoms with van der Waals surface area (Å²) in [5.74, 6) is -0.0462. The molecule has 2 aromatic carbocycles. The number of nitrogens with zero attached hydrogens (tertiary/aromatic N) is 3. The fraction of sp³-hybridized carbons (Fsp3) is 0.419. The van der Waals surface area contributed by atoms with Crippen LogP contribution in [0.2, 0.25) is 0 Å². The van der Waals surface area contributed by atoms with Crippen molar-refractivity contribution >= 4 is 35.7 Å². The Morgan fingerprint density at radius 2 is 1.77 bits per heavy atom. The van der Waals surface area contributed by atoms with E-state index in [-0.39, 0.29) is 16.1 Å². The van der Waals surface area contributed by atoms with Crippen LogP contribution in [-0.4, -0.2) is 64.4 Å². The number of hydrogen-bond donors (Lipinski definition) is 1. The topological polar surface area (TPSA) is 82.1 Å². The van der Waals surface area contributed by atoms with Gasteiger partial charge in [0.2, 0.25) is 0 Å². The normalized spacial score (nSPS) is 15.1. The van der Waals surface area contributed by atoms with Crippen molar-refractivity contribution in [2.75, 3.05) is 30.9 Å². The Kier molecular flexibility index (Phi) is 10.2. The summed E-state index contributed by atoms with van der Waals surface area (Å²) in [6.45, 7) is 19.6. The van der Waals surface area contributed by atoms with Crippen LogP contribution >= 0.6 is 0 Å². The highest BCUT2D eigenvalue weighted by molar-refractivity contribution is 7.96. The highest BCUT2D eigenvalue weighted by Crippen LogP contribution is 2.25. The number of anilines is 1. The molecule has 1 saturated heterocycles. The van der Waals surface area contributed by atoms with Crippen LogP contribution in [0.4, 0.5) is 5.69 Å². The van der Waals surface area contributed by atoms with Gasteiger partial charge in [0, 0.05) is 50.2 Å². The van der Waals surface area contributed by atoms with E-state index in [0.29, 0.717) is 30.0 Å². The van der Waals surface area contributed by atoms with Crippen molar-refractivity contribution in [2.24, 2.45) is 4.99 Å². The summed E-state index contributed by atoms with van der Waals surface area (Å²) in [5.41, 5.74) is 5.96. The van der Waals surface area contributed by atoms with Crippen molar-refractivity contribution in [3.05, 3.63) is 87.5 Å². The molecule has 0 spiro atoms. The minimum absolute atomic E-state index is 0.0462. The van der Waals surface area contributed by atoms with Gasteiger partial charge in [0.1, 0.15) is 12.8 Å². The predicted octanol–water partition coefficient (Wildman–Crippen LogP) is 4.85. The molecule has 2 aromatic rings. The van der Waals surface area contributed by atoms with Crippen LogP contribution < -0.4 is 4.72 Å². The molecule has 40 heavy (non-hydrogen) atoms. The Bertz CT molecular complexity index is 1400. The number of hydrogen-bond acceptors (Lipinski definition) is 5. The second-order valence-corrected chi connectivity index (χ2v) is 13.4. The first-order valence-electron chi connectivity index (χ1n) is 13.8. The van der Waals surface area contributed by atoms with E-state index < -0.39 is 10.0 Å². The first-order chi connectivity index (χ1) is 18.7. The number of aliphatic imine (C=N–C) groups is 1. The SMILES string of the molecule is BC(C)(C)c1ccc(CN2CCCN(C(=O)c3ccc(NS(=O)(=O)C(=C)C(/N=C\C)=C(C)C)cc3)CC2)cc1C. The van der Waals surface area contributed by atoms with E-state index in [4.69, 9.17) is 0 Å². The molecule has 1 aliphatic heterocycles. The molecule has 0 unspecified atom stereocenters. The van der Waals surface area contributed by atoms with E-state index in [1.54, 1.807) is 45.0 Å². The number of amides is 1. The van der Waals surface area contributed by atoms with Crippen LogP contribution in [-0.2, 0) is 21.9 Å². The minimum Gasteiger partial charge on any atom is -0.337 e. The zero-order valence-corrected chi connectivity index (χ0v) is 25.9. The Labute approximate surface area is 241 Å². The molecular weight excluding hydrogens is 519 g/mol. The van der Waals surface area contributed by atoms with Crippen LogP contribution in [0, 0.1) is 6.92 Å². The zero-order valence-electron chi connectivity index (χ0n) is 25.0. The lowest BCUT2D eigenvalue weighted by molar-refractivity contribution is 0.0761. The summed E-state index contributed by atoms with van der Waals surface area (Å²) in [7, 11) is -1.66. The van der Waals surface area contributed by atoms with Gasteiger partial charge in [-0.05, 0) is 86.0 Å². The van der Waals surface area contributed by atoms with E-state index in [9.17, 15) is 13.2 Å². The maximum atomic E-state index is 13.3. The molecule has 1 fully saturated rings. The van der Waals surface area contributed by atoms with Gasteiger partial charge in [-0.15, -0.1) is 0 Å². The maximum Gasteiger partial charge on any atom is 0.263 e. The van der Waals surface area contributed by atoms with Crippen molar-refractivity contribution in [3.63, 3.8) is 0 Å². The van der Waals surface area contributed by atoms with E-state index in [2.05, 4.69) is 68.0 Å². The van der Waals surface area contributed by atoms with Crippen LogP contribution in [0.5, 0.6) is 0 Å². The highest BCUT2D eigenvalue weighted by Gasteiger charge is 2.23. The van der Waals surface area contributed by atoms with Gasteiger partial charge in [-0.2, -0.15) is 0 Å². The number of carbonyl (C=O) groups excluding carboxylic acids is 1. The minimum atomic E-state index is -3.90. The van der Waals surface area contributed by atoms with E-state index in [1.165, 1.54) is 22.9 Å². The van der Waals surface area contributed by atoms with Crippen molar-refractivity contribution in [1.29, 1.82) is 0 Å². The Balaban J connectivity index is 1.62. The largest absolute Gasteiger partial charge is 0.337 e. The molecule has 3 rings (SSSR count). The van der Waals surface area contributed by atoms with Crippen LogP contribution in [0.1, 0.15) is 68.1 Å².